The third-order valence-corrected chi connectivity index (χ3v) is 6.81. The molecule has 0 heterocycles. The van der Waals surface area contributed by atoms with Gasteiger partial charge in [0.25, 0.3) is 0 Å². The van der Waals surface area contributed by atoms with Gasteiger partial charge in [-0.25, -0.2) is 0 Å². The Hall–Kier alpha value is -1.44. The molecule has 0 aromatic heterocycles. The number of hydrogen-bond donors (Lipinski definition) is 2. The van der Waals surface area contributed by atoms with Gasteiger partial charge in [0, 0.05) is 0 Å². The number of fused-ring (bicyclic) bond motifs is 1. The van der Waals surface area contributed by atoms with Gasteiger partial charge in [0.2, 0.25) is 0 Å². The molecular formula is C21H30O2. The van der Waals surface area contributed by atoms with E-state index in [9.17, 15) is 10.2 Å². The molecule has 1 aromatic carbocycles. The maximum Gasteiger partial charge on any atom is 0.119 e. The first kappa shape index (κ1) is 16.4. The Morgan fingerprint density at radius 1 is 1.17 bits per heavy atom. The molecule has 0 radical (unpaired) electrons. The number of allylic oxidation sites excluding steroid dienone is 1. The normalized spacial score (nSPS) is 33.3. The third-order valence-electron chi connectivity index (χ3n) is 6.81. The van der Waals surface area contributed by atoms with E-state index in [1.54, 1.807) is 18.2 Å². The van der Waals surface area contributed by atoms with Gasteiger partial charge < -0.3 is 10.2 Å². The van der Waals surface area contributed by atoms with Crippen LogP contribution in [0.1, 0.15) is 58.4 Å². The summed E-state index contributed by atoms with van der Waals surface area (Å²) in [4.78, 5) is 0. The molecule has 1 aromatic rings. The van der Waals surface area contributed by atoms with E-state index in [0.29, 0.717) is 17.3 Å². The maximum atomic E-state index is 10.2. The van der Waals surface area contributed by atoms with Crippen molar-refractivity contribution in [2.75, 3.05) is 0 Å². The molecule has 2 saturated carbocycles. The van der Waals surface area contributed by atoms with Crippen molar-refractivity contribution in [1.82, 2.24) is 0 Å². The summed E-state index contributed by atoms with van der Waals surface area (Å²) >= 11 is 0. The Morgan fingerprint density at radius 2 is 1.91 bits per heavy atom. The molecule has 0 amide bonds. The molecule has 0 spiro atoms. The molecule has 0 aliphatic heterocycles. The second-order valence-corrected chi connectivity index (χ2v) is 8.67. The van der Waals surface area contributed by atoms with Crippen molar-refractivity contribution in [2.45, 2.75) is 59.3 Å². The van der Waals surface area contributed by atoms with Crippen molar-refractivity contribution in [2.24, 2.45) is 22.7 Å². The summed E-state index contributed by atoms with van der Waals surface area (Å²) in [6.07, 6.45) is 6.94. The van der Waals surface area contributed by atoms with Gasteiger partial charge in [-0.3, -0.25) is 0 Å². The van der Waals surface area contributed by atoms with Crippen molar-refractivity contribution in [3.63, 3.8) is 0 Å². The Balaban J connectivity index is 1.95. The zero-order chi connectivity index (χ0) is 16.8. The van der Waals surface area contributed by atoms with Gasteiger partial charge in [0.05, 0.1) is 0 Å². The van der Waals surface area contributed by atoms with Crippen LogP contribution in [-0.2, 0) is 6.42 Å². The predicted octanol–water partition coefficient (Wildman–Crippen LogP) is 5.44. The van der Waals surface area contributed by atoms with Crippen molar-refractivity contribution < 1.29 is 10.2 Å². The fourth-order valence-electron chi connectivity index (χ4n) is 5.61. The van der Waals surface area contributed by atoms with E-state index in [2.05, 4.69) is 27.4 Å². The van der Waals surface area contributed by atoms with Crippen LogP contribution in [0.4, 0.5) is 0 Å². The van der Waals surface area contributed by atoms with Gasteiger partial charge in [-0.15, -0.1) is 0 Å². The highest BCUT2D eigenvalue weighted by Crippen LogP contribution is 2.61. The lowest BCUT2D eigenvalue weighted by molar-refractivity contribution is -0.0518. The van der Waals surface area contributed by atoms with Gasteiger partial charge in [0.15, 0.2) is 0 Å². The van der Waals surface area contributed by atoms with Crippen molar-refractivity contribution >= 4 is 0 Å². The molecule has 23 heavy (non-hydrogen) atoms. The summed E-state index contributed by atoms with van der Waals surface area (Å²) in [7, 11) is 0. The van der Waals surface area contributed by atoms with Gasteiger partial charge in [-0.2, -0.15) is 0 Å². The minimum absolute atomic E-state index is 0.227. The number of rotatable bonds is 2. The number of aromatic hydroxyl groups is 2. The van der Waals surface area contributed by atoms with Crippen molar-refractivity contribution in [1.29, 1.82) is 0 Å². The molecule has 0 bridgehead atoms. The minimum Gasteiger partial charge on any atom is -0.508 e. The Bertz CT molecular complexity index is 616. The van der Waals surface area contributed by atoms with Crippen molar-refractivity contribution in [3.05, 3.63) is 35.9 Å². The number of phenols is 2. The summed E-state index contributed by atoms with van der Waals surface area (Å²) in [6, 6.07) is 4.85. The molecule has 2 aliphatic rings. The van der Waals surface area contributed by atoms with Crippen molar-refractivity contribution in [3.8, 4) is 11.5 Å². The van der Waals surface area contributed by atoms with Crippen LogP contribution in [0, 0.1) is 22.7 Å². The van der Waals surface area contributed by atoms with E-state index in [-0.39, 0.29) is 16.9 Å². The van der Waals surface area contributed by atoms with Crippen LogP contribution in [0.15, 0.2) is 30.4 Å². The van der Waals surface area contributed by atoms with E-state index in [4.69, 9.17) is 0 Å². The van der Waals surface area contributed by atoms with E-state index < -0.39 is 0 Å². The lowest BCUT2D eigenvalue weighted by Gasteiger charge is -2.58. The zero-order valence-corrected chi connectivity index (χ0v) is 14.7. The molecule has 2 N–H and O–H groups in total. The fourth-order valence-corrected chi connectivity index (χ4v) is 5.61. The first-order valence-electron chi connectivity index (χ1n) is 8.92. The summed E-state index contributed by atoms with van der Waals surface area (Å²) < 4.78 is 0. The van der Waals surface area contributed by atoms with Crippen LogP contribution in [0.25, 0.3) is 0 Å². The minimum atomic E-state index is 0.227. The van der Waals surface area contributed by atoms with Crippen LogP contribution in [-0.4, -0.2) is 10.2 Å². The van der Waals surface area contributed by atoms with E-state index >= 15 is 0 Å². The first-order chi connectivity index (χ1) is 10.7. The summed E-state index contributed by atoms with van der Waals surface area (Å²) in [5.41, 5.74) is 2.80. The van der Waals surface area contributed by atoms with Gasteiger partial charge in [0.1, 0.15) is 11.5 Å². The summed E-state index contributed by atoms with van der Waals surface area (Å²) in [5, 5.41) is 20.0. The largest absolute Gasteiger partial charge is 0.508 e. The average molecular weight is 314 g/mol. The lowest BCUT2D eigenvalue weighted by atomic mass is 9.47. The maximum absolute atomic E-state index is 10.2. The highest BCUT2D eigenvalue weighted by molar-refractivity contribution is 5.40. The van der Waals surface area contributed by atoms with Gasteiger partial charge in [-0.1, -0.05) is 39.3 Å². The molecule has 126 valence electrons. The molecule has 0 saturated heterocycles. The fraction of sp³-hybridized carbons (Fsp3) is 0.619. The smallest absolute Gasteiger partial charge is 0.119 e. The standard InChI is InChI=1S/C21H30O2/c1-14-6-9-19-20(2,3)10-5-11-21(19,4)17(14)13-15-12-16(22)7-8-18(15)23/h7-8,12,17,19,22-23H,1,5-6,9-11,13H2,2-4H3/t17-,19+,21+/m1/s1. The predicted molar refractivity (Wildman–Crippen MR) is 94.6 cm³/mol. The highest BCUT2D eigenvalue weighted by atomic mass is 16.3. The molecule has 2 heteroatoms. The van der Waals surface area contributed by atoms with Crippen LogP contribution in [0.5, 0.6) is 11.5 Å². The van der Waals surface area contributed by atoms with Gasteiger partial charge in [-0.05, 0) is 78.5 Å². The summed E-state index contributed by atoms with van der Waals surface area (Å²) in [6.45, 7) is 11.7. The highest BCUT2D eigenvalue weighted by Gasteiger charge is 2.52. The second-order valence-electron chi connectivity index (χ2n) is 8.67. The number of benzene rings is 1. The molecular weight excluding hydrogens is 284 g/mol. The first-order valence-corrected chi connectivity index (χ1v) is 8.92. The third kappa shape index (κ3) is 2.77. The summed E-state index contributed by atoms with van der Waals surface area (Å²) in [5.74, 6) is 1.61. The number of phenolic OH excluding ortho intramolecular Hbond substituents is 2. The van der Waals surface area contributed by atoms with E-state index in [0.717, 1.165) is 18.4 Å². The molecule has 2 aliphatic carbocycles. The van der Waals surface area contributed by atoms with Crippen LogP contribution in [0.3, 0.4) is 0 Å². The Kier molecular flexibility index (Phi) is 3.98. The molecule has 3 rings (SSSR count). The molecule has 2 nitrogen and oxygen atoms in total. The molecule has 3 atom stereocenters. The Morgan fingerprint density at radius 3 is 2.65 bits per heavy atom. The van der Waals surface area contributed by atoms with Crippen LogP contribution in [0.2, 0.25) is 0 Å². The molecule has 2 fully saturated rings. The van der Waals surface area contributed by atoms with E-state index in [1.807, 2.05) is 0 Å². The van der Waals surface area contributed by atoms with Crippen LogP contribution >= 0.6 is 0 Å². The zero-order valence-electron chi connectivity index (χ0n) is 14.7. The lowest BCUT2D eigenvalue weighted by Crippen LogP contribution is -2.50. The quantitative estimate of drug-likeness (QED) is 0.564. The van der Waals surface area contributed by atoms with Crippen LogP contribution < -0.4 is 0 Å². The van der Waals surface area contributed by atoms with E-state index in [1.165, 1.54) is 31.3 Å². The monoisotopic (exact) mass is 314 g/mol. The molecule has 0 unspecified atom stereocenters. The SMILES string of the molecule is C=C1CC[C@H]2C(C)(C)CCC[C@@]2(C)[C@@H]1Cc1cc(O)ccc1O. The van der Waals surface area contributed by atoms with Gasteiger partial charge >= 0.3 is 0 Å². The second kappa shape index (κ2) is 5.58. The topological polar surface area (TPSA) is 40.5 Å². The Labute approximate surface area is 140 Å². The average Bonchev–Trinajstić information content (AvgIpc) is 2.45. The number of hydrogen-bond acceptors (Lipinski definition) is 2.